The Morgan fingerprint density at radius 2 is 2.12 bits per heavy atom. The summed E-state index contributed by atoms with van der Waals surface area (Å²) in [6.45, 7) is 1.81. The highest BCUT2D eigenvalue weighted by Crippen LogP contribution is 2.19. The van der Waals surface area contributed by atoms with Crippen LogP contribution in [-0.2, 0) is 0 Å². The van der Waals surface area contributed by atoms with Gasteiger partial charge in [-0.05, 0) is 19.1 Å². The Balaban J connectivity index is 2.53. The third-order valence-corrected chi connectivity index (χ3v) is 2.12. The number of nitrogens with one attached hydrogen (secondary N) is 1. The molecular weight excluding hydrogens is 206 g/mol. The van der Waals surface area contributed by atoms with Gasteiger partial charge in [0.05, 0.1) is 19.0 Å². The van der Waals surface area contributed by atoms with Crippen molar-refractivity contribution in [3.8, 4) is 17.0 Å². The molecule has 0 saturated heterocycles. The molecule has 0 aliphatic carbocycles. The van der Waals surface area contributed by atoms with Crippen LogP contribution in [0.25, 0.3) is 11.3 Å². The van der Waals surface area contributed by atoms with Crippen molar-refractivity contribution in [3.63, 3.8) is 0 Å². The monoisotopic (exact) mass is 217 g/mol. The van der Waals surface area contributed by atoms with Crippen LogP contribution in [0.15, 0.2) is 29.3 Å². The first kappa shape index (κ1) is 10.4. The Hall–Kier alpha value is -2.17. The quantitative estimate of drug-likeness (QED) is 0.819. The second-order valence-electron chi connectivity index (χ2n) is 3.37. The van der Waals surface area contributed by atoms with Gasteiger partial charge in [-0.3, -0.25) is 4.98 Å². The highest BCUT2D eigenvalue weighted by Gasteiger charge is 2.03. The van der Waals surface area contributed by atoms with Crippen LogP contribution in [0.4, 0.5) is 0 Å². The summed E-state index contributed by atoms with van der Waals surface area (Å²) in [4.78, 5) is 21.7. The number of methoxy groups -OCH3 is 1. The molecule has 0 aliphatic rings. The van der Waals surface area contributed by atoms with Gasteiger partial charge in [0.1, 0.15) is 5.75 Å². The fraction of sp³-hybridized carbons (Fsp3) is 0.182. The van der Waals surface area contributed by atoms with E-state index in [9.17, 15) is 4.79 Å². The molecule has 0 spiro atoms. The summed E-state index contributed by atoms with van der Waals surface area (Å²) in [6, 6.07) is 3.58. The maximum absolute atomic E-state index is 11.2. The van der Waals surface area contributed by atoms with E-state index >= 15 is 0 Å². The van der Waals surface area contributed by atoms with E-state index in [1.165, 1.54) is 0 Å². The van der Waals surface area contributed by atoms with E-state index in [4.69, 9.17) is 4.74 Å². The second kappa shape index (κ2) is 4.14. The van der Waals surface area contributed by atoms with E-state index in [-0.39, 0.29) is 5.69 Å². The number of ether oxygens (including phenoxy) is 1. The van der Waals surface area contributed by atoms with Crippen LogP contribution in [0.5, 0.6) is 5.75 Å². The van der Waals surface area contributed by atoms with Crippen molar-refractivity contribution in [2.24, 2.45) is 0 Å². The minimum atomic E-state index is -0.363. The molecule has 0 bridgehead atoms. The van der Waals surface area contributed by atoms with Crippen molar-refractivity contribution < 1.29 is 4.74 Å². The Morgan fingerprint density at radius 3 is 2.81 bits per heavy atom. The largest absolute Gasteiger partial charge is 0.495 e. The van der Waals surface area contributed by atoms with Crippen molar-refractivity contribution in [1.82, 2.24) is 15.0 Å². The van der Waals surface area contributed by atoms with E-state index in [0.717, 1.165) is 11.3 Å². The predicted octanol–water partition coefficient (Wildman–Crippen LogP) is 1.15. The van der Waals surface area contributed by atoms with Gasteiger partial charge in [0.15, 0.2) is 0 Å². The Morgan fingerprint density at radius 1 is 1.31 bits per heavy atom. The number of pyridine rings is 1. The number of rotatable bonds is 2. The second-order valence-corrected chi connectivity index (χ2v) is 3.37. The molecule has 2 rings (SSSR count). The molecule has 0 saturated carbocycles. The van der Waals surface area contributed by atoms with Crippen molar-refractivity contribution in [1.29, 1.82) is 0 Å². The molecule has 0 radical (unpaired) electrons. The average Bonchev–Trinajstić information content (AvgIpc) is 2.28. The summed E-state index contributed by atoms with van der Waals surface area (Å²) in [5.74, 6) is 0.636. The number of aryl methyl sites for hydroxylation is 1. The third kappa shape index (κ3) is 2.08. The highest BCUT2D eigenvalue weighted by molar-refractivity contribution is 5.59. The molecule has 0 amide bonds. The molecule has 5 nitrogen and oxygen atoms in total. The molecule has 5 heteroatoms. The van der Waals surface area contributed by atoms with Crippen LogP contribution in [0.3, 0.4) is 0 Å². The third-order valence-electron chi connectivity index (χ3n) is 2.12. The van der Waals surface area contributed by atoms with Crippen LogP contribution in [0, 0.1) is 6.92 Å². The van der Waals surface area contributed by atoms with Crippen LogP contribution in [-0.4, -0.2) is 22.1 Å². The maximum Gasteiger partial charge on any atom is 0.345 e. The number of aromatic nitrogens is 3. The van der Waals surface area contributed by atoms with Crippen molar-refractivity contribution in [2.75, 3.05) is 7.11 Å². The number of hydrogen-bond acceptors (Lipinski definition) is 4. The van der Waals surface area contributed by atoms with Crippen molar-refractivity contribution >= 4 is 0 Å². The Labute approximate surface area is 92.2 Å². The predicted molar refractivity (Wildman–Crippen MR) is 59.4 cm³/mol. The Kier molecular flexibility index (Phi) is 2.68. The average molecular weight is 217 g/mol. The zero-order valence-corrected chi connectivity index (χ0v) is 9.02. The summed E-state index contributed by atoms with van der Waals surface area (Å²) in [5, 5.41) is 0. The standard InChI is InChI=1S/C11H11N3O2/c1-7-3-10(14-11(15)13-7)8-4-9(16-2)6-12-5-8/h3-6H,1-2H3,(H,13,14,15). The molecule has 2 heterocycles. The topological polar surface area (TPSA) is 67.9 Å². The van der Waals surface area contributed by atoms with Gasteiger partial charge in [0.2, 0.25) is 0 Å². The number of H-pyrrole nitrogens is 1. The maximum atomic E-state index is 11.2. The molecule has 0 unspecified atom stereocenters. The minimum Gasteiger partial charge on any atom is -0.495 e. The smallest absolute Gasteiger partial charge is 0.345 e. The van der Waals surface area contributed by atoms with Crippen molar-refractivity contribution in [2.45, 2.75) is 6.92 Å². The molecule has 1 N–H and O–H groups in total. The molecule has 2 aromatic rings. The zero-order valence-electron chi connectivity index (χ0n) is 9.02. The van der Waals surface area contributed by atoms with E-state index in [2.05, 4.69) is 15.0 Å². The van der Waals surface area contributed by atoms with Crippen LogP contribution in [0.2, 0.25) is 0 Å². The Bertz CT molecular complexity index is 563. The van der Waals surface area contributed by atoms with Crippen LogP contribution in [0.1, 0.15) is 5.69 Å². The molecule has 0 aliphatic heterocycles. The lowest BCUT2D eigenvalue weighted by Gasteiger charge is -2.03. The number of nitrogens with zero attached hydrogens (tertiary/aromatic N) is 2. The van der Waals surface area contributed by atoms with Gasteiger partial charge in [0, 0.05) is 17.5 Å². The first-order chi connectivity index (χ1) is 7.69. The summed E-state index contributed by atoms with van der Waals surface area (Å²) in [6.07, 6.45) is 3.24. The summed E-state index contributed by atoms with van der Waals surface area (Å²) >= 11 is 0. The summed E-state index contributed by atoms with van der Waals surface area (Å²) < 4.78 is 5.06. The first-order valence-corrected chi connectivity index (χ1v) is 4.76. The molecule has 82 valence electrons. The SMILES string of the molecule is COc1cncc(-c2cc(C)[nH]c(=O)n2)c1. The summed E-state index contributed by atoms with van der Waals surface area (Å²) in [7, 11) is 1.57. The lowest BCUT2D eigenvalue weighted by atomic mass is 10.2. The van der Waals surface area contributed by atoms with Gasteiger partial charge >= 0.3 is 5.69 Å². The van der Waals surface area contributed by atoms with Crippen molar-refractivity contribution in [3.05, 3.63) is 40.7 Å². The van der Waals surface area contributed by atoms with Gasteiger partial charge in [-0.1, -0.05) is 0 Å². The molecule has 16 heavy (non-hydrogen) atoms. The molecule has 0 aromatic carbocycles. The van der Waals surface area contributed by atoms with E-state index in [1.54, 1.807) is 38.6 Å². The van der Waals surface area contributed by atoms with Crippen LogP contribution >= 0.6 is 0 Å². The van der Waals surface area contributed by atoms with Gasteiger partial charge < -0.3 is 9.72 Å². The van der Waals surface area contributed by atoms with Gasteiger partial charge in [-0.2, -0.15) is 4.98 Å². The van der Waals surface area contributed by atoms with E-state index < -0.39 is 0 Å². The van der Waals surface area contributed by atoms with Gasteiger partial charge in [-0.25, -0.2) is 4.79 Å². The molecule has 0 fully saturated rings. The summed E-state index contributed by atoms with van der Waals surface area (Å²) in [5.41, 5.74) is 1.75. The fourth-order valence-electron chi connectivity index (χ4n) is 1.40. The fourth-order valence-corrected chi connectivity index (χ4v) is 1.40. The normalized spacial score (nSPS) is 10.1. The van der Waals surface area contributed by atoms with E-state index in [0.29, 0.717) is 11.4 Å². The van der Waals surface area contributed by atoms with E-state index in [1.807, 2.05) is 0 Å². The number of aromatic amines is 1. The molecular formula is C11H11N3O2. The van der Waals surface area contributed by atoms with Gasteiger partial charge in [-0.15, -0.1) is 0 Å². The first-order valence-electron chi connectivity index (χ1n) is 4.76. The number of hydrogen-bond donors (Lipinski definition) is 1. The minimum absolute atomic E-state index is 0.363. The van der Waals surface area contributed by atoms with Gasteiger partial charge in [0.25, 0.3) is 0 Å². The lowest BCUT2D eigenvalue weighted by molar-refractivity contribution is 0.413. The zero-order chi connectivity index (χ0) is 11.5. The highest BCUT2D eigenvalue weighted by atomic mass is 16.5. The lowest BCUT2D eigenvalue weighted by Crippen LogP contribution is -2.11. The van der Waals surface area contributed by atoms with Crippen LogP contribution < -0.4 is 10.4 Å². The molecule has 0 atom stereocenters. The molecule has 2 aromatic heterocycles.